The molecule has 0 aliphatic rings. The maximum Gasteiger partial charge on any atom is 0.105 e. The molecule has 96 valence electrons. The standard InChI is InChI=1S/C16H21NO/c1-3-16(14-8-5-4-6-9-14)17-13(2)12-15-10-7-11-18-15/h4-11,13,16-17H,3,12H2,1-2H3. The van der Waals surface area contributed by atoms with E-state index >= 15 is 0 Å². The summed E-state index contributed by atoms with van der Waals surface area (Å²) in [5.74, 6) is 1.04. The highest BCUT2D eigenvalue weighted by molar-refractivity contribution is 5.19. The molecule has 2 heteroatoms. The highest BCUT2D eigenvalue weighted by Crippen LogP contribution is 2.17. The summed E-state index contributed by atoms with van der Waals surface area (Å²) in [6.45, 7) is 4.42. The van der Waals surface area contributed by atoms with Crippen LogP contribution in [0.5, 0.6) is 0 Å². The van der Waals surface area contributed by atoms with Gasteiger partial charge in [-0.25, -0.2) is 0 Å². The number of hydrogen-bond donors (Lipinski definition) is 1. The highest BCUT2D eigenvalue weighted by Gasteiger charge is 2.13. The molecule has 0 saturated heterocycles. The zero-order valence-corrected chi connectivity index (χ0v) is 11.1. The first-order valence-electron chi connectivity index (χ1n) is 6.63. The Morgan fingerprint density at radius 3 is 2.50 bits per heavy atom. The molecular formula is C16H21NO. The van der Waals surface area contributed by atoms with Gasteiger partial charge in [0.1, 0.15) is 5.76 Å². The predicted molar refractivity (Wildman–Crippen MR) is 74.5 cm³/mol. The summed E-state index contributed by atoms with van der Waals surface area (Å²) in [6.07, 6.45) is 3.75. The highest BCUT2D eigenvalue weighted by atomic mass is 16.3. The molecule has 2 atom stereocenters. The Balaban J connectivity index is 1.94. The Bertz CT molecular complexity index is 435. The molecule has 2 aromatic rings. The summed E-state index contributed by atoms with van der Waals surface area (Å²) in [5, 5.41) is 3.66. The topological polar surface area (TPSA) is 25.2 Å². The lowest BCUT2D eigenvalue weighted by atomic mass is 10.0. The van der Waals surface area contributed by atoms with Gasteiger partial charge in [-0.15, -0.1) is 0 Å². The van der Waals surface area contributed by atoms with Crippen molar-refractivity contribution in [1.82, 2.24) is 5.32 Å². The van der Waals surface area contributed by atoms with E-state index in [1.807, 2.05) is 12.1 Å². The number of nitrogens with one attached hydrogen (secondary N) is 1. The number of furan rings is 1. The average molecular weight is 243 g/mol. The third-order valence-corrected chi connectivity index (χ3v) is 3.18. The Kier molecular flexibility index (Phi) is 4.59. The van der Waals surface area contributed by atoms with Crippen LogP contribution in [0.4, 0.5) is 0 Å². The van der Waals surface area contributed by atoms with Crippen molar-refractivity contribution in [2.45, 2.75) is 38.8 Å². The monoisotopic (exact) mass is 243 g/mol. The van der Waals surface area contributed by atoms with Crippen LogP contribution in [0.15, 0.2) is 53.1 Å². The van der Waals surface area contributed by atoms with E-state index in [0.29, 0.717) is 12.1 Å². The van der Waals surface area contributed by atoms with Gasteiger partial charge in [-0.3, -0.25) is 0 Å². The summed E-state index contributed by atoms with van der Waals surface area (Å²) in [6, 6.07) is 15.4. The van der Waals surface area contributed by atoms with E-state index in [1.54, 1.807) is 6.26 Å². The SMILES string of the molecule is CCC(NC(C)Cc1ccco1)c1ccccc1. The van der Waals surface area contributed by atoms with Crippen molar-refractivity contribution in [3.8, 4) is 0 Å². The third kappa shape index (κ3) is 3.47. The first-order valence-corrected chi connectivity index (χ1v) is 6.63. The van der Waals surface area contributed by atoms with Crippen molar-refractivity contribution >= 4 is 0 Å². The van der Waals surface area contributed by atoms with Crippen LogP contribution in [0.25, 0.3) is 0 Å². The van der Waals surface area contributed by atoms with E-state index in [1.165, 1.54) is 5.56 Å². The van der Waals surface area contributed by atoms with Gasteiger partial charge in [0, 0.05) is 18.5 Å². The van der Waals surface area contributed by atoms with Crippen molar-refractivity contribution in [3.63, 3.8) is 0 Å². The Hall–Kier alpha value is -1.54. The molecule has 0 radical (unpaired) electrons. The third-order valence-electron chi connectivity index (χ3n) is 3.18. The first-order chi connectivity index (χ1) is 8.79. The molecule has 0 bridgehead atoms. The van der Waals surface area contributed by atoms with Gasteiger partial charge >= 0.3 is 0 Å². The molecule has 0 aliphatic heterocycles. The van der Waals surface area contributed by atoms with Gasteiger partial charge in [0.15, 0.2) is 0 Å². The van der Waals surface area contributed by atoms with Crippen molar-refractivity contribution in [2.24, 2.45) is 0 Å². The molecule has 18 heavy (non-hydrogen) atoms. The molecule has 1 aromatic heterocycles. The molecule has 0 amide bonds. The van der Waals surface area contributed by atoms with Gasteiger partial charge in [-0.2, -0.15) is 0 Å². The minimum Gasteiger partial charge on any atom is -0.469 e. The van der Waals surface area contributed by atoms with Crippen LogP contribution in [0, 0.1) is 0 Å². The fraction of sp³-hybridized carbons (Fsp3) is 0.375. The molecule has 0 aliphatic carbocycles. The molecule has 1 heterocycles. The molecule has 2 unspecified atom stereocenters. The molecule has 0 spiro atoms. The van der Waals surface area contributed by atoms with Crippen LogP contribution in [0.2, 0.25) is 0 Å². The molecule has 0 fully saturated rings. The number of rotatable bonds is 6. The van der Waals surface area contributed by atoms with E-state index in [2.05, 4.69) is 49.5 Å². The fourth-order valence-corrected chi connectivity index (χ4v) is 2.27. The molecule has 2 nitrogen and oxygen atoms in total. The van der Waals surface area contributed by atoms with Crippen molar-refractivity contribution in [1.29, 1.82) is 0 Å². The van der Waals surface area contributed by atoms with Crippen molar-refractivity contribution in [2.75, 3.05) is 0 Å². The molecule has 1 N–H and O–H groups in total. The molecule has 1 aromatic carbocycles. The largest absolute Gasteiger partial charge is 0.469 e. The fourth-order valence-electron chi connectivity index (χ4n) is 2.27. The van der Waals surface area contributed by atoms with E-state index in [-0.39, 0.29) is 0 Å². The van der Waals surface area contributed by atoms with E-state index in [0.717, 1.165) is 18.6 Å². The second-order valence-electron chi connectivity index (χ2n) is 4.72. The average Bonchev–Trinajstić information content (AvgIpc) is 2.90. The lowest BCUT2D eigenvalue weighted by Gasteiger charge is -2.22. The zero-order chi connectivity index (χ0) is 12.8. The van der Waals surface area contributed by atoms with E-state index in [4.69, 9.17) is 4.42 Å². The summed E-state index contributed by atoms with van der Waals surface area (Å²) >= 11 is 0. The second-order valence-corrected chi connectivity index (χ2v) is 4.72. The summed E-state index contributed by atoms with van der Waals surface area (Å²) < 4.78 is 5.39. The van der Waals surface area contributed by atoms with E-state index in [9.17, 15) is 0 Å². The zero-order valence-electron chi connectivity index (χ0n) is 11.1. The summed E-state index contributed by atoms with van der Waals surface area (Å²) in [5.41, 5.74) is 1.35. The normalized spacial score (nSPS) is 14.3. The maximum atomic E-state index is 5.39. The van der Waals surface area contributed by atoms with E-state index < -0.39 is 0 Å². The summed E-state index contributed by atoms with van der Waals surface area (Å²) in [4.78, 5) is 0. The van der Waals surface area contributed by atoms with Crippen molar-refractivity contribution < 1.29 is 4.42 Å². The van der Waals surface area contributed by atoms with Crippen LogP contribution in [-0.2, 0) is 6.42 Å². The quantitative estimate of drug-likeness (QED) is 0.831. The Morgan fingerprint density at radius 2 is 1.89 bits per heavy atom. The summed E-state index contributed by atoms with van der Waals surface area (Å²) in [7, 11) is 0. The van der Waals surface area contributed by atoms with Crippen molar-refractivity contribution in [3.05, 3.63) is 60.1 Å². The lowest BCUT2D eigenvalue weighted by molar-refractivity contribution is 0.410. The second kappa shape index (κ2) is 6.41. The molecule has 2 rings (SSSR count). The van der Waals surface area contributed by atoms with Crippen LogP contribution in [0.3, 0.4) is 0 Å². The van der Waals surface area contributed by atoms with Crippen LogP contribution >= 0.6 is 0 Å². The Labute approximate surface area is 109 Å². The first kappa shape index (κ1) is 12.9. The molecule has 0 saturated carbocycles. The van der Waals surface area contributed by atoms with Gasteiger partial charge in [-0.05, 0) is 31.0 Å². The predicted octanol–water partition coefficient (Wildman–Crippen LogP) is 3.95. The minimum atomic E-state index is 0.404. The smallest absolute Gasteiger partial charge is 0.105 e. The maximum absolute atomic E-state index is 5.39. The molecular weight excluding hydrogens is 222 g/mol. The van der Waals surface area contributed by atoms with Crippen LogP contribution in [-0.4, -0.2) is 6.04 Å². The number of hydrogen-bond acceptors (Lipinski definition) is 2. The lowest BCUT2D eigenvalue weighted by Crippen LogP contribution is -2.31. The van der Waals surface area contributed by atoms with Crippen LogP contribution < -0.4 is 5.32 Å². The van der Waals surface area contributed by atoms with Gasteiger partial charge in [-0.1, -0.05) is 37.3 Å². The van der Waals surface area contributed by atoms with Gasteiger partial charge in [0.25, 0.3) is 0 Å². The number of benzene rings is 1. The minimum absolute atomic E-state index is 0.404. The van der Waals surface area contributed by atoms with Gasteiger partial charge in [0.05, 0.1) is 6.26 Å². The Morgan fingerprint density at radius 1 is 1.11 bits per heavy atom. The van der Waals surface area contributed by atoms with Gasteiger partial charge < -0.3 is 9.73 Å². The van der Waals surface area contributed by atoms with Gasteiger partial charge in [0.2, 0.25) is 0 Å². The van der Waals surface area contributed by atoms with Crippen LogP contribution in [0.1, 0.15) is 37.6 Å².